The first kappa shape index (κ1) is 10.3. The van der Waals surface area contributed by atoms with Crippen LogP contribution in [0.3, 0.4) is 0 Å². The summed E-state index contributed by atoms with van der Waals surface area (Å²) in [7, 11) is 0. The molecule has 0 saturated carbocycles. The van der Waals surface area contributed by atoms with Gasteiger partial charge in [-0.1, -0.05) is 0 Å². The highest BCUT2D eigenvalue weighted by Crippen LogP contribution is 2.21. The summed E-state index contributed by atoms with van der Waals surface area (Å²) in [5, 5.41) is 10.9. The van der Waals surface area contributed by atoms with Gasteiger partial charge in [-0.05, 0) is 13.8 Å². The zero-order valence-corrected chi connectivity index (χ0v) is 9.53. The number of rotatable bonds is 3. The minimum atomic E-state index is 0.332. The largest absolute Gasteiger partial charge is 0.325 e. The molecule has 2 rings (SSSR count). The van der Waals surface area contributed by atoms with Crippen LogP contribution in [0.5, 0.6) is 0 Å². The Morgan fingerprint density at radius 2 is 2.33 bits per heavy atom. The van der Waals surface area contributed by atoms with Gasteiger partial charge in [0, 0.05) is 18.0 Å². The molecule has 2 N–H and O–H groups in total. The molecule has 2 heterocycles. The predicted octanol–water partition coefficient (Wildman–Crippen LogP) is 1.44. The molecule has 0 bridgehead atoms. The number of hydrogen-bond donors (Lipinski definition) is 1. The maximum Gasteiger partial charge on any atom is 0.183 e. The molecule has 0 aliphatic heterocycles. The summed E-state index contributed by atoms with van der Waals surface area (Å²) < 4.78 is 2.00. The van der Waals surface area contributed by atoms with Gasteiger partial charge in [-0.2, -0.15) is 0 Å². The highest BCUT2D eigenvalue weighted by molar-refractivity contribution is 7.09. The van der Waals surface area contributed by atoms with Crippen molar-refractivity contribution in [2.24, 2.45) is 5.73 Å². The van der Waals surface area contributed by atoms with E-state index in [1.54, 1.807) is 17.7 Å². The smallest absolute Gasteiger partial charge is 0.183 e. The summed E-state index contributed by atoms with van der Waals surface area (Å²) in [5.41, 5.74) is 6.37. The van der Waals surface area contributed by atoms with Gasteiger partial charge in [-0.3, -0.25) is 0 Å². The molecule has 15 heavy (non-hydrogen) atoms. The van der Waals surface area contributed by atoms with E-state index < -0.39 is 0 Å². The first-order valence-corrected chi connectivity index (χ1v) is 5.64. The van der Waals surface area contributed by atoms with Crippen LogP contribution in [0.15, 0.2) is 11.7 Å². The molecule has 0 aliphatic carbocycles. The van der Waals surface area contributed by atoms with E-state index in [9.17, 15) is 0 Å². The van der Waals surface area contributed by atoms with Crippen molar-refractivity contribution in [2.45, 2.75) is 26.4 Å². The molecular weight excluding hydrogens is 210 g/mol. The molecule has 2 aromatic rings. The van der Waals surface area contributed by atoms with Crippen molar-refractivity contribution in [3.63, 3.8) is 0 Å². The molecule has 0 unspecified atom stereocenters. The summed E-state index contributed by atoms with van der Waals surface area (Å²) >= 11 is 1.55. The minimum absolute atomic E-state index is 0.332. The molecule has 0 atom stereocenters. The van der Waals surface area contributed by atoms with Crippen molar-refractivity contribution >= 4 is 11.3 Å². The Morgan fingerprint density at radius 3 is 2.93 bits per heavy atom. The second-order valence-corrected chi connectivity index (χ2v) is 4.43. The molecular formula is C9H13N5S. The molecule has 0 aromatic carbocycles. The van der Waals surface area contributed by atoms with Gasteiger partial charge in [-0.15, -0.1) is 21.5 Å². The lowest BCUT2D eigenvalue weighted by Gasteiger charge is -2.07. The zero-order chi connectivity index (χ0) is 10.8. The first-order valence-electron chi connectivity index (χ1n) is 4.76. The van der Waals surface area contributed by atoms with Gasteiger partial charge in [0.05, 0.1) is 0 Å². The van der Waals surface area contributed by atoms with Crippen LogP contribution in [0.4, 0.5) is 0 Å². The van der Waals surface area contributed by atoms with Crippen LogP contribution < -0.4 is 5.73 Å². The molecule has 2 aromatic heterocycles. The summed E-state index contributed by atoms with van der Waals surface area (Å²) in [6.45, 7) is 4.65. The molecule has 0 aliphatic rings. The summed E-state index contributed by atoms with van der Waals surface area (Å²) in [5.74, 6) is 0.806. The van der Waals surface area contributed by atoms with Gasteiger partial charge in [0.1, 0.15) is 17.0 Å². The van der Waals surface area contributed by atoms with Crippen LogP contribution in [0, 0.1) is 0 Å². The van der Waals surface area contributed by atoms with Gasteiger partial charge < -0.3 is 10.3 Å². The third kappa shape index (κ3) is 1.91. The lowest BCUT2D eigenvalue weighted by molar-refractivity contribution is 0.603. The summed E-state index contributed by atoms with van der Waals surface area (Å²) in [4.78, 5) is 4.38. The number of nitrogens with two attached hydrogens (primary N) is 1. The molecule has 0 fully saturated rings. The fraction of sp³-hybridized carbons (Fsp3) is 0.444. The lowest BCUT2D eigenvalue weighted by atomic mass is 10.3. The molecule has 0 radical (unpaired) electrons. The Bertz CT molecular complexity index is 445. The molecule has 6 heteroatoms. The number of thiazole rings is 1. The highest BCUT2D eigenvalue weighted by Gasteiger charge is 2.12. The third-order valence-corrected chi connectivity index (χ3v) is 2.96. The van der Waals surface area contributed by atoms with Crippen molar-refractivity contribution in [2.75, 3.05) is 0 Å². The van der Waals surface area contributed by atoms with E-state index in [1.807, 2.05) is 9.95 Å². The average molecular weight is 223 g/mol. The van der Waals surface area contributed by atoms with E-state index in [2.05, 4.69) is 29.0 Å². The number of nitrogens with zero attached hydrogens (tertiary/aromatic N) is 4. The van der Waals surface area contributed by atoms with Gasteiger partial charge in [-0.25, -0.2) is 4.98 Å². The predicted molar refractivity (Wildman–Crippen MR) is 59.4 cm³/mol. The second-order valence-electron chi connectivity index (χ2n) is 3.49. The van der Waals surface area contributed by atoms with E-state index in [0.29, 0.717) is 12.6 Å². The standard InChI is InChI=1S/C9H13N5S/c1-6(2)14-5-11-13-9(14)7-4-15-8(3-10)12-7/h4-6H,3,10H2,1-2H3. The van der Waals surface area contributed by atoms with Crippen LogP contribution in [0.25, 0.3) is 11.5 Å². The Balaban J connectivity index is 2.40. The Hall–Kier alpha value is -1.27. The Kier molecular flexibility index (Phi) is 2.79. The Labute approximate surface area is 92.0 Å². The van der Waals surface area contributed by atoms with E-state index in [0.717, 1.165) is 16.5 Å². The lowest BCUT2D eigenvalue weighted by Crippen LogP contribution is -2.02. The van der Waals surface area contributed by atoms with E-state index in [-0.39, 0.29) is 0 Å². The van der Waals surface area contributed by atoms with Gasteiger partial charge in [0.2, 0.25) is 0 Å². The van der Waals surface area contributed by atoms with Crippen LogP contribution in [0.1, 0.15) is 24.9 Å². The monoisotopic (exact) mass is 223 g/mol. The fourth-order valence-electron chi connectivity index (χ4n) is 1.31. The van der Waals surface area contributed by atoms with Gasteiger partial charge >= 0.3 is 0 Å². The molecule has 80 valence electrons. The fourth-order valence-corrected chi connectivity index (χ4v) is 1.96. The maximum absolute atomic E-state index is 5.52. The zero-order valence-electron chi connectivity index (χ0n) is 8.71. The topological polar surface area (TPSA) is 69.6 Å². The third-order valence-electron chi connectivity index (χ3n) is 2.08. The maximum atomic E-state index is 5.52. The highest BCUT2D eigenvalue weighted by atomic mass is 32.1. The molecule has 5 nitrogen and oxygen atoms in total. The quantitative estimate of drug-likeness (QED) is 0.854. The van der Waals surface area contributed by atoms with Crippen molar-refractivity contribution in [3.8, 4) is 11.5 Å². The van der Waals surface area contributed by atoms with Crippen molar-refractivity contribution in [1.82, 2.24) is 19.7 Å². The van der Waals surface area contributed by atoms with Crippen molar-refractivity contribution < 1.29 is 0 Å². The van der Waals surface area contributed by atoms with Crippen LogP contribution >= 0.6 is 11.3 Å². The summed E-state index contributed by atoms with van der Waals surface area (Å²) in [6.07, 6.45) is 1.72. The normalized spacial score (nSPS) is 11.2. The number of hydrogen-bond acceptors (Lipinski definition) is 5. The SMILES string of the molecule is CC(C)n1cnnc1-c1csc(CN)n1. The van der Waals surface area contributed by atoms with E-state index in [1.165, 1.54) is 0 Å². The first-order chi connectivity index (χ1) is 7.22. The van der Waals surface area contributed by atoms with Crippen LogP contribution in [0.2, 0.25) is 0 Å². The average Bonchev–Trinajstić information content (AvgIpc) is 2.85. The van der Waals surface area contributed by atoms with Gasteiger partial charge in [0.25, 0.3) is 0 Å². The second kappa shape index (κ2) is 4.08. The number of aromatic nitrogens is 4. The molecule has 0 saturated heterocycles. The summed E-state index contributed by atoms with van der Waals surface area (Å²) in [6, 6.07) is 0.332. The van der Waals surface area contributed by atoms with E-state index >= 15 is 0 Å². The Morgan fingerprint density at radius 1 is 1.53 bits per heavy atom. The minimum Gasteiger partial charge on any atom is -0.325 e. The van der Waals surface area contributed by atoms with Crippen LogP contribution in [-0.2, 0) is 6.54 Å². The van der Waals surface area contributed by atoms with Crippen molar-refractivity contribution in [1.29, 1.82) is 0 Å². The molecule has 0 amide bonds. The van der Waals surface area contributed by atoms with E-state index in [4.69, 9.17) is 5.73 Å². The molecule has 0 spiro atoms. The van der Waals surface area contributed by atoms with Gasteiger partial charge in [0.15, 0.2) is 5.82 Å². The van der Waals surface area contributed by atoms with Crippen molar-refractivity contribution in [3.05, 3.63) is 16.7 Å². The van der Waals surface area contributed by atoms with Crippen LogP contribution in [-0.4, -0.2) is 19.7 Å².